The van der Waals surface area contributed by atoms with Gasteiger partial charge in [0.25, 0.3) is 0 Å². The lowest BCUT2D eigenvalue weighted by Crippen LogP contribution is -2.32. The number of carbonyl (C=O) groups excluding carboxylic acids is 1. The molecule has 0 bridgehead atoms. The van der Waals surface area contributed by atoms with Crippen molar-refractivity contribution in [1.29, 1.82) is 0 Å². The maximum absolute atomic E-state index is 10.8. The molecule has 2 heteroatoms. The van der Waals surface area contributed by atoms with Crippen LogP contribution in [0.5, 0.6) is 0 Å². The quantitative estimate of drug-likeness (QED) is 0.741. The second kappa shape index (κ2) is 5.21. The largest absolute Gasteiger partial charge is 0.354 e. The molecule has 1 rings (SSSR count). The van der Waals surface area contributed by atoms with Crippen molar-refractivity contribution in [3.63, 3.8) is 0 Å². The minimum absolute atomic E-state index is 0.0133. The van der Waals surface area contributed by atoms with Crippen LogP contribution in [0.4, 0.5) is 0 Å². The Kier molecular flexibility index (Phi) is 3.93. The lowest BCUT2D eigenvalue weighted by Gasteiger charge is -2.13. The molecule has 1 aromatic rings. The summed E-state index contributed by atoms with van der Waals surface area (Å²) in [5, 5.41) is 2.84. The maximum Gasteiger partial charge on any atom is 0.217 e. The third-order valence-electron chi connectivity index (χ3n) is 2.15. The average Bonchev–Trinajstić information content (AvgIpc) is 2.17. The summed E-state index contributed by atoms with van der Waals surface area (Å²) in [5.41, 5.74) is 2.00. The van der Waals surface area contributed by atoms with Crippen LogP contribution in [0, 0.1) is 12.3 Å². The van der Waals surface area contributed by atoms with Gasteiger partial charge in [0.2, 0.25) is 5.91 Å². The van der Waals surface area contributed by atoms with E-state index in [1.807, 2.05) is 31.2 Å². The molecule has 15 heavy (non-hydrogen) atoms. The first-order valence-corrected chi connectivity index (χ1v) is 4.95. The first kappa shape index (κ1) is 11.3. The number of terminal acetylenes is 1. The summed E-state index contributed by atoms with van der Waals surface area (Å²) < 4.78 is 0. The first-order chi connectivity index (χ1) is 7.13. The Hall–Kier alpha value is -1.75. The van der Waals surface area contributed by atoms with Gasteiger partial charge in [0.15, 0.2) is 0 Å². The van der Waals surface area contributed by atoms with Crippen molar-refractivity contribution < 1.29 is 4.79 Å². The SMILES string of the molecule is C#Cc1ccccc1CC(C)NC(C)=O. The van der Waals surface area contributed by atoms with Crippen LogP contribution in [0.25, 0.3) is 0 Å². The Labute approximate surface area is 90.7 Å². The molecule has 0 heterocycles. The van der Waals surface area contributed by atoms with Gasteiger partial charge in [-0.25, -0.2) is 0 Å². The van der Waals surface area contributed by atoms with Crippen LogP contribution in [0.15, 0.2) is 24.3 Å². The van der Waals surface area contributed by atoms with Crippen LogP contribution >= 0.6 is 0 Å². The van der Waals surface area contributed by atoms with Crippen molar-refractivity contribution >= 4 is 5.91 Å². The van der Waals surface area contributed by atoms with E-state index in [9.17, 15) is 4.79 Å². The maximum atomic E-state index is 10.8. The Morgan fingerprint density at radius 1 is 1.53 bits per heavy atom. The van der Waals surface area contributed by atoms with E-state index < -0.39 is 0 Å². The van der Waals surface area contributed by atoms with Crippen LogP contribution < -0.4 is 5.32 Å². The highest BCUT2D eigenvalue weighted by Gasteiger charge is 2.06. The van der Waals surface area contributed by atoms with Crippen molar-refractivity contribution in [1.82, 2.24) is 5.32 Å². The van der Waals surface area contributed by atoms with Crippen LogP contribution in [-0.4, -0.2) is 11.9 Å². The lowest BCUT2D eigenvalue weighted by molar-refractivity contribution is -0.119. The molecule has 78 valence electrons. The highest BCUT2D eigenvalue weighted by Crippen LogP contribution is 2.09. The molecule has 1 aromatic carbocycles. The molecular formula is C13H15NO. The highest BCUT2D eigenvalue weighted by atomic mass is 16.1. The van der Waals surface area contributed by atoms with Gasteiger partial charge in [-0.05, 0) is 25.0 Å². The van der Waals surface area contributed by atoms with Gasteiger partial charge in [0.1, 0.15) is 0 Å². The molecule has 1 atom stereocenters. The predicted octanol–water partition coefficient (Wildman–Crippen LogP) is 1.73. The lowest BCUT2D eigenvalue weighted by atomic mass is 10.0. The molecule has 0 saturated carbocycles. The zero-order valence-electron chi connectivity index (χ0n) is 9.08. The van der Waals surface area contributed by atoms with Crippen molar-refractivity contribution in [2.75, 3.05) is 0 Å². The number of hydrogen-bond acceptors (Lipinski definition) is 1. The van der Waals surface area contributed by atoms with Crippen molar-refractivity contribution in [3.05, 3.63) is 35.4 Å². The number of amides is 1. The summed E-state index contributed by atoms with van der Waals surface area (Å²) in [5.74, 6) is 2.63. The van der Waals surface area contributed by atoms with E-state index in [-0.39, 0.29) is 11.9 Å². The minimum Gasteiger partial charge on any atom is -0.354 e. The Bertz CT molecular complexity index is 390. The second-order valence-corrected chi connectivity index (χ2v) is 3.61. The van der Waals surface area contributed by atoms with Crippen LogP contribution in [0.2, 0.25) is 0 Å². The summed E-state index contributed by atoms with van der Waals surface area (Å²) in [6, 6.07) is 7.89. The Balaban J connectivity index is 2.72. The summed E-state index contributed by atoms with van der Waals surface area (Å²) in [7, 11) is 0. The van der Waals surface area contributed by atoms with E-state index in [4.69, 9.17) is 6.42 Å². The standard InChI is InChI=1S/C13H15NO/c1-4-12-7-5-6-8-13(12)9-10(2)14-11(3)15/h1,5-8,10H,9H2,2-3H3,(H,14,15). The fourth-order valence-electron chi connectivity index (χ4n) is 1.57. The summed E-state index contributed by atoms with van der Waals surface area (Å²) in [6.45, 7) is 3.48. The normalized spacial score (nSPS) is 11.5. The smallest absolute Gasteiger partial charge is 0.217 e. The molecule has 1 amide bonds. The van der Waals surface area contributed by atoms with Gasteiger partial charge >= 0.3 is 0 Å². The highest BCUT2D eigenvalue weighted by molar-refractivity contribution is 5.73. The summed E-state index contributed by atoms with van der Waals surface area (Å²) >= 11 is 0. The molecule has 0 aromatic heterocycles. The average molecular weight is 201 g/mol. The van der Waals surface area contributed by atoms with Gasteiger partial charge in [-0.15, -0.1) is 6.42 Å². The van der Waals surface area contributed by atoms with Crippen LogP contribution in [0.1, 0.15) is 25.0 Å². The van der Waals surface area contributed by atoms with Gasteiger partial charge in [0, 0.05) is 18.5 Å². The van der Waals surface area contributed by atoms with Crippen molar-refractivity contribution in [2.24, 2.45) is 0 Å². The molecule has 0 fully saturated rings. The van der Waals surface area contributed by atoms with Gasteiger partial charge in [-0.3, -0.25) is 4.79 Å². The monoisotopic (exact) mass is 201 g/mol. The Morgan fingerprint density at radius 3 is 2.80 bits per heavy atom. The van der Waals surface area contributed by atoms with Gasteiger partial charge in [0.05, 0.1) is 0 Å². The minimum atomic E-state index is -0.0133. The number of hydrogen-bond donors (Lipinski definition) is 1. The molecule has 0 aliphatic heterocycles. The molecule has 0 aliphatic rings. The number of nitrogens with one attached hydrogen (secondary N) is 1. The topological polar surface area (TPSA) is 29.1 Å². The van der Waals surface area contributed by atoms with Crippen LogP contribution in [0.3, 0.4) is 0 Å². The summed E-state index contributed by atoms with van der Waals surface area (Å²) in [4.78, 5) is 10.8. The molecule has 0 radical (unpaired) electrons. The molecule has 1 N–H and O–H groups in total. The van der Waals surface area contributed by atoms with Crippen molar-refractivity contribution in [2.45, 2.75) is 26.3 Å². The third-order valence-corrected chi connectivity index (χ3v) is 2.15. The van der Waals surface area contributed by atoms with E-state index >= 15 is 0 Å². The van der Waals surface area contributed by atoms with E-state index in [2.05, 4.69) is 11.2 Å². The number of benzene rings is 1. The van der Waals surface area contributed by atoms with E-state index in [0.717, 1.165) is 17.5 Å². The van der Waals surface area contributed by atoms with E-state index in [1.165, 1.54) is 6.92 Å². The van der Waals surface area contributed by atoms with Gasteiger partial charge < -0.3 is 5.32 Å². The molecule has 2 nitrogen and oxygen atoms in total. The zero-order valence-corrected chi connectivity index (χ0v) is 9.08. The van der Waals surface area contributed by atoms with Gasteiger partial charge in [-0.2, -0.15) is 0 Å². The molecule has 0 spiro atoms. The first-order valence-electron chi connectivity index (χ1n) is 4.95. The van der Waals surface area contributed by atoms with Crippen LogP contribution in [-0.2, 0) is 11.2 Å². The summed E-state index contributed by atoms with van der Waals surface area (Å²) in [6.07, 6.45) is 6.15. The fourth-order valence-corrected chi connectivity index (χ4v) is 1.57. The second-order valence-electron chi connectivity index (χ2n) is 3.61. The van der Waals surface area contributed by atoms with E-state index in [0.29, 0.717) is 0 Å². The number of carbonyl (C=O) groups is 1. The fraction of sp³-hybridized carbons (Fsp3) is 0.308. The Morgan fingerprint density at radius 2 is 2.20 bits per heavy atom. The van der Waals surface area contributed by atoms with E-state index in [1.54, 1.807) is 0 Å². The van der Waals surface area contributed by atoms with Crippen molar-refractivity contribution in [3.8, 4) is 12.3 Å². The molecule has 0 saturated heterocycles. The number of rotatable bonds is 3. The van der Waals surface area contributed by atoms with Gasteiger partial charge in [-0.1, -0.05) is 24.1 Å². The zero-order chi connectivity index (χ0) is 11.3. The molecule has 0 aliphatic carbocycles. The predicted molar refractivity (Wildman–Crippen MR) is 61.4 cm³/mol. The molecular weight excluding hydrogens is 186 g/mol. The molecule has 1 unspecified atom stereocenters. The third kappa shape index (κ3) is 3.47.